The molecule has 6 heteroatoms. The monoisotopic (exact) mass is 384 g/mol. The summed E-state index contributed by atoms with van der Waals surface area (Å²) in [5, 5.41) is 12.9. The first-order valence-electron chi connectivity index (χ1n) is 10.4. The van der Waals surface area contributed by atoms with E-state index < -0.39 is 5.92 Å². The van der Waals surface area contributed by atoms with E-state index in [1.165, 1.54) is 0 Å². The molecule has 0 radical (unpaired) electrons. The molecule has 0 spiro atoms. The summed E-state index contributed by atoms with van der Waals surface area (Å²) in [4.78, 5) is 17.1. The zero-order chi connectivity index (χ0) is 19.7. The quantitative estimate of drug-likeness (QED) is 0.816. The summed E-state index contributed by atoms with van der Waals surface area (Å²) in [5.41, 5.74) is 1.42. The predicted molar refractivity (Wildman–Crippen MR) is 107 cm³/mol. The molecule has 150 valence electrons. The van der Waals surface area contributed by atoms with Crippen LogP contribution in [0.15, 0.2) is 18.2 Å². The Morgan fingerprint density at radius 3 is 2.71 bits per heavy atom. The minimum Gasteiger partial charge on any atom is -0.369 e. The first-order chi connectivity index (χ1) is 13.5. The van der Waals surface area contributed by atoms with Gasteiger partial charge in [-0.25, -0.2) is 4.39 Å². The van der Waals surface area contributed by atoms with Gasteiger partial charge in [0, 0.05) is 44.3 Å². The van der Waals surface area contributed by atoms with Crippen LogP contribution in [0.3, 0.4) is 0 Å². The number of hydrogen-bond acceptors (Lipinski definition) is 5. The minimum atomic E-state index is -0.475. The molecule has 2 bridgehead atoms. The molecule has 4 atom stereocenters. The molecule has 2 heterocycles. The van der Waals surface area contributed by atoms with Crippen LogP contribution in [0, 0.1) is 29.0 Å². The Labute approximate surface area is 166 Å². The van der Waals surface area contributed by atoms with Gasteiger partial charge in [0.2, 0.25) is 0 Å². The van der Waals surface area contributed by atoms with Gasteiger partial charge in [0.1, 0.15) is 5.82 Å². The average molecular weight is 384 g/mol. The number of rotatable bonds is 6. The summed E-state index contributed by atoms with van der Waals surface area (Å²) >= 11 is 0. The van der Waals surface area contributed by atoms with Gasteiger partial charge in [-0.1, -0.05) is 6.07 Å². The largest absolute Gasteiger partial charge is 0.369 e. The number of nitrogens with zero attached hydrogens (tertiary/aromatic N) is 3. The van der Waals surface area contributed by atoms with Crippen molar-refractivity contribution in [2.24, 2.45) is 11.8 Å². The number of ketones is 1. The molecule has 28 heavy (non-hydrogen) atoms. The number of piperidine rings is 1. The van der Waals surface area contributed by atoms with E-state index in [1.807, 2.05) is 6.07 Å². The lowest BCUT2D eigenvalue weighted by Crippen LogP contribution is -2.44. The number of nitrogens with one attached hydrogen (secondary N) is 1. The maximum atomic E-state index is 14.7. The number of anilines is 1. The second kappa shape index (κ2) is 8.18. The van der Waals surface area contributed by atoms with Crippen LogP contribution in [0.25, 0.3) is 0 Å². The fourth-order valence-electron chi connectivity index (χ4n) is 4.98. The smallest absolute Gasteiger partial charge is 0.151 e. The standard InChI is InChI=1S/C22H29FN4O/c1-26-6-8-27(9-7-26)19-5-3-16(20(23)13-19)10-15(14-24)11-21(28)22-17-2-4-18(12-17)25-22/h3,5,13,15,17-18,22,25H,2,4,6-12H2,1H3/t15-,17+,18-,22+/m1/s1. The third kappa shape index (κ3) is 4.06. The minimum absolute atomic E-state index is 0.0981. The van der Waals surface area contributed by atoms with Crippen molar-refractivity contribution in [1.29, 1.82) is 5.26 Å². The maximum absolute atomic E-state index is 14.7. The number of carbonyl (C=O) groups excluding carboxylic acids is 1. The Balaban J connectivity index is 1.37. The van der Waals surface area contributed by atoms with E-state index in [9.17, 15) is 14.4 Å². The number of hydrogen-bond donors (Lipinski definition) is 1. The van der Waals surface area contributed by atoms with Crippen LogP contribution in [0.5, 0.6) is 0 Å². The van der Waals surface area contributed by atoms with Crippen molar-refractivity contribution in [3.63, 3.8) is 0 Å². The second-order valence-corrected chi connectivity index (χ2v) is 8.68. The van der Waals surface area contributed by atoms with Crippen molar-refractivity contribution in [2.45, 2.75) is 44.2 Å². The van der Waals surface area contributed by atoms with E-state index in [2.05, 4.69) is 28.2 Å². The molecule has 1 aromatic rings. The molecular weight excluding hydrogens is 355 g/mol. The van der Waals surface area contributed by atoms with Crippen LogP contribution in [-0.2, 0) is 11.2 Å². The molecule has 3 fully saturated rings. The Morgan fingerprint density at radius 2 is 2.11 bits per heavy atom. The Morgan fingerprint density at radius 1 is 1.32 bits per heavy atom. The lowest BCUT2D eigenvalue weighted by atomic mass is 9.88. The highest BCUT2D eigenvalue weighted by Gasteiger charge is 2.42. The van der Waals surface area contributed by atoms with Crippen molar-refractivity contribution >= 4 is 11.5 Å². The van der Waals surface area contributed by atoms with E-state index in [0.29, 0.717) is 17.5 Å². The Bertz CT molecular complexity index is 768. The highest BCUT2D eigenvalue weighted by molar-refractivity contribution is 5.85. The van der Waals surface area contributed by atoms with Gasteiger partial charge in [0.05, 0.1) is 18.0 Å². The fourth-order valence-corrected chi connectivity index (χ4v) is 4.98. The molecule has 4 rings (SSSR count). The second-order valence-electron chi connectivity index (χ2n) is 8.68. The molecule has 0 amide bonds. The molecule has 1 N–H and O–H groups in total. The maximum Gasteiger partial charge on any atom is 0.151 e. The van der Waals surface area contributed by atoms with Gasteiger partial charge in [0.25, 0.3) is 0 Å². The van der Waals surface area contributed by atoms with Gasteiger partial charge in [-0.2, -0.15) is 5.26 Å². The van der Waals surface area contributed by atoms with Crippen molar-refractivity contribution in [3.05, 3.63) is 29.6 Å². The lowest BCUT2D eigenvalue weighted by molar-refractivity contribution is -0.122. The number of Topliss-reactive ketones (excluding diaryl/α,β-unsaturated/α-hetero) is 1. The van der Waals surface area contributed by atoms with E-state index in [4.69, 9.17) is 0 Å². The van der Waals surface area contributed by atoms with Gasteiger partial charge >= 0.3 is 0 Å². The van der Waals surface area contributed by atoms with Crippen LogP contribution in [0.1, 0.15) is 31.2 Å². The Hall–Kier alpha value is -1.97. The SMILES string of the molecule is CN1CCN(c2ccc(C[C@@H](C#N)CC(=O)[C@H]3N[C@@H]4CC[C@H]3C4)c(F)c2)CC1. The van der Waals surface area contributed by atoms with Gasteiger partial charge in [-0.05, 0) is 56.3 Å². The number of fused-ring (bicyclic) bond motifs is 2. The van der Waals surface area contributed by atoms with Gasteiger partial charge < -0.3 is 15.1 Å². The summed E-state index contributed by atoms with van der Waals surface area (Å²) < 4.78 is 14.7. The number of piperazine rings is 1. The van der Waals surface area contributed by atoms with Crippen LogP contribution in [0.4, 0.5) is 10.1 Å². The molecule has 3 aliphatic rings. The molecular formula is C22H29FN4O. The molecule has 1 aliphatic carbocycles. The Kier molecular flexibility index (Phi) is 5.65. The first kappa shape index (κ1) is 19.4. The molecule has 2 saturated heterocycles. The third-order valence-corrected chi connectivity index (χ3v) is 6.71. The lowest BCUT2D eigenvalue weighted by Gasteiger charge is -2.34. The summed E-state index contributed by atoms with van der Waals surface area (Å²) in [6.45, 7) is 3.72. The fraction of sp³-hybridized carbons (Fsp3) is 0.636. The summed E-state index contributed by atoms with van der Waals surface area (Å²) in [5.74, 6) is -0.204. The van der Waals surface area contributed by atoms with Crippen molar-refractivity contribution < 1.29 is 9.18 Å². The van der Waals surface area contributed by atoms with Crippen molar-refractivity contribution in [1.82, 2.24) is 10.2 Å². The molecule has 1 saturated carbocycles. The third-order valence-electron chi connectivity index (χ3n) is 6.71. The number of benzene rings is 1. The van der Waals surface area contributed by atoms with Gasteiger partial charge in [-0.15, -0.1) is 0 Å². The summed E-state index contributed by atoms with van der Waals surface area (Å²) in [7, 11) is 2.09. The number of nitriles is 1. The van der Waals surface area contributed by atoms with Crippen LogP contribution in [-0.4, -0.2) is 56.0 Å². The van der Waals surface area contributed by atoms with Gasteiger partial charge in [0.15, 0.2) is 5.78 Å². The normalized spacial score (nSPS) is 28.3. The van der Waals surface area contributed by atoms with Crippen LogP contribution in [0.2, 0.25) is 0 Å². The van der Waals surface area contributed by atoms with E-state index in [-0.39, 0.29) is 30.5 Å². The van der Waals surface area contributed by atoms with Crippen molar-refractivity contribution in [3.8, 4) is 6.07 Å². The average Bonchev–Trinajstić information content (AvgIpc) is 3.33. The van der Waals surface area contributed by atoms with E-state index >= 15 is 0 Å². The van der Waals surface area contributed by atoms with Crippen LogP contribution >= 0.6 is 0 Å². The molecule has 2 aliphatic heterocycles. The summed E-state index contributed by atoms with van der Waals surface area (Å²) in [6, 6.07) is 7.91. The molecule has 0 aromatic heterocycles. The topological polar surface area (TPSA) is 59.4 Å². The zero-order valence-corrected chi connectivity index (χ0v) is 16.5. The predicted octanol–water partition coefficient (Wildman–Crippen LogP) is 2.36. The van der Waals surface area contributed by atoms with Crippen molar-refractivity contribution in [2.75, 3.05) is 38.1 Å². The zero-order valence-electron chi connectivity index (χ0n) is 16.5. The van der Waals surface area contributed by atoms with E-state index in [0.717, 1.165) is 51.1 Å². The van der Waals surface area contributed by atoms with E-state index in [1.54, 1.807) is 12.1 Å². The number of halogens is 1. The molecule has 1 aromatic carbocycles. The highest BCUT2D eigenvalue weighted by Crippen LogP contribution is 2.36. The highest BCUT2D eigenvalue weighted by atomic mass is 19.1. The molecule has 0 unspecified atom stereocenters. The first-order valence-corrected chi connectivity index (χ1v) is 10.4. The molecule has 5 nitrogen and oxygen atoms in total. The number of likely N-dealkylation sites (N-methyl/N-ethyl adjacent to an activating group) is 1. The summed E-state index contributed by atoms with van der Waals surface area (Å²) in [6.07, 6.45) is 3.83. The van der Waals surface area contributed by atoms with Crippen LogP contribution < -0.4 is 10.2 Å². The number of carbonyl (C=O) groups is 1. The van der Waals surface area contributed by atoms with Gasteiger partial charge in [-0.3, -0.25) is 4.79 Å².